The molecule has 3 rings (SSSR count). The first kappa shape index (κ1) is 22.0. The highest BCUT2D eigenvalue weighted by molar-refractivity contribution is 5.77. The summed E-state index contributed by atoms with van der Waals surface area (Å²) in [5.74, 6) is 2.65. The van der Waals surface area contributed by atoms with Crippen molar-refractivity contribution < 1.29 is 23.9 Å². The molecule has 0 aromatic heterocycles. The van der Waals surface area contributed by atoms with Gasteiger partial charge in [0.05, 0.1) is 33.4 Å². The van der Waals surface area contributed by atoms with Crippen LogP contribution in [0.25, 0.3) is 0 Å². The molecule has 2 atom stereocenters. The van der Waals surface area contributed by atoms with Crippen LogP contribution in [0.2, 0.25) is 0 Å². The van der Waals surface area contributed by atoms with E-state index in [1.54, 1.807) is 7.11 Å². The summed E-state index contributed by atoms with van der Waals surface area (Å²) in [6.45, 7) is 6.71. The number of ether oxygens (including phenoxy) is 3. The Morgan fingerprint density at radius 3 is 2.47 bits per heavy atom. The van der Waals surface area contributed by atoms with Crippen molar-refractivity contribution in [3.05, 3.63) is 53.6 Å². The highest BCUT2D eigenvalue weighted by Gasteiger charge is 2.22. The Kier molecular flexibility index (Phi) is 7.57. The Morgan fingerprint density at radius 2 is 1.80 bits per heavy atom. The third-order valence-electron chi connectivity index (χ3n) is 5.24. The predicted octanol–water partition coefficient (Wildman–Crippen LogP) is 2.38. The molecular weight excluding hydrogens is 380 g/mol. The predicted molar refractivity (Wildman–Crippen MR) is 116 cm³/mol. The van der Waals surface area contributed by atoms with Crippen molar-refractivity contribution in [2.45, 2.75) is 32.9 Å². The molecule has 1 aliphatic heterocycles. The summed E-state index contributed by atoms with van der Waals surface area (Å²) in [5.41, 5.74) is 2.21. The molecule has 162 valence electrons. The van der Waals surface area contributed by atoms with E-state index in [4.69, 9.17) is 14.2 Å². The minimum atomic E-state index is -0.0801. The summed E-state index contributed by atoms with van der Waals surface area (Å²) in [7, 11) is 3.69. The van der Waals surface area contributed by atoms with Gasteiger partial charge in [0.25, 0.3) is 5.91 Å². The lowest BCUT2D eigenvalue weighted by Gasteiger charge is -2.24. The van der Waals surface area contributed by atoms with E-state index >= 15 is 0 Å². The second-order valence-corrected chi connectivity index (χ2v) is 8.20. The topological polar surface area (TPSA) is 61.2 Å². The normalized spacial score (nSPS) is 15.2. The van der Waals surface area contributed by atoms with E-state index in [1.807, 2.05) is 49.5 Å². The van der Waals surface area contributed by atoms with Gasteiger partial charge in [0.15, 0.2) is 18.0 Å². The van der Waals surface area contributed by atoms with Gasteiger partial charge < -0.3 is 24.4 Å². The second kappa shape index (κ2) is 10.3. The van der Waals surface area contributed by atoms with Crippen LogP contribution in [0.3, 0.4) is 0 Å². The van der Waals surface area contributed by atoms with Gasteiger partial charge in [0, 0.05) is 12.0 Å². The lowest BCUT2D eigenvalue weighted by molar-refractivity contribution is -0.885. The SMILES string of the molecule is COc1ccc(C[NH+](C)CC(=O)N[C@H](c2ccc3c(c2)OCCCO3)C(C)C)cc1. The Bertz CT molecular complexity index is 836. The fourth-order valence-electron chi connectivity index (χ4n) is 3.66. The monoisotopic (exact) mass is 413 g/mol. The third-order valence-corrected chi connectivity index (χ3v) is 5.24. The lowest BCUT2D eigenvalue weighted by atomic mass is 9.95. The van der Waals surface area contributed by atoms with Crippen molar-refractivity contribution in [2.75, 3.05) is 33.9 Å². The maximum atomic E-state index is 12.8. The lowest BCUT2D eigenvalue weighted by Crippen LogP contribution is -3.08. The maximum absolute atomic E-state index is 12.8. The Morgan fingerprint density at radius 1 is 1.10 bits per heavy atom. The number of quaternary nitrogens is 1. The number of amides is 1. The van der Waals surface area contributed by atoms with Crippen LogP contribution in [-0.2, 0) is 11.3 Å². The van der Waals surface area contributed by atoms with Gasteiger partial charge in [0.1, 0.15) is 12.3 Å². The Balaban J connectivity index is 1.61. The van der Waals surface area contributed by atoms with Gasteiger partial charge in [-0.3, -0.25) is 4.79 Å². The van der Waals surface area contributed by atoms with Crippen LogP contribution in [-0.4, -0.2) is 39.8 Å². The highest BCUT2D eigenvalue weighted by Crippen LogP contribution is 2.34. The number of carbonyl (C=O) groups excluding carboxylic acids is 1. The van der Waals surface area contributed by atoms with Gasteiger partial charge in [-0.05, 0) is 47.9 Å². The largest absolute Gasteiger partial charge is 0.497 e. The summed E-state index contributed by atoms with van der Waals surface area (Å²) in [4.78, 5) is 13.9. The average Bonchev–Trinajstić information content (AvgIpc) is 2.97. The molecule has 1 aliphatic rings. The quantitative estimate of drug-likeness (QED) is 0.698. The van der Waals surface area contributed by atoms with Crippen LogP contribution in [0, 0.1) is 5.92 Å². The number of benzene rings is 2. The Labute approximate surface area is 179 Å². The molecule has 0 saturated heterocycles. The summed E-state index contributed by atoms with van der Waals surface area (Å²) in [6.07, 6.45) is 0.873. The summed E-state index contributed by atoms with van der Waals surface area (Å²) < 4.78 is 16.7. The van der Waals surface area contributed by atoms with Crippen molar-refractivity contribution in [3.8, 4) is 17.2 Å². The molecule has 2 aromatic rings. The fraction of sp³-hybridized carbons (Fsp3) is 0.458. The number of nitrogens with one attached hydrogen (secondary N) is 2. The Hall–Kier alpha value is -2.73. The first-order valence-electron chi connectivity index (χ1n) is 10.6. The molecule has 2 N–H and O–H groups in total. The number of hydrogen-bond donors (Lipinski definition) is 2. The molecule has 0 bridgehead atoms. The van der Waals surface area contributed by atoms with Gasteiger partial charge in [0.2, 0.25) is 0 Å². The fourth-order valence-corrected chi connectivity index (χ4v) is 3.66. The molecule has 1 unspecified atom stereocenters. The average molecular weight is 414 g/mol. The zero-order valence-electron chi connectivity index (χ0n) is 18.4. The standard InChI is InChI=1S/C24H32N2O4/c1-17(2)24(19-8-11-21-22(14-19)30-13-5-12-29-21)25-23(27)16-26(3)15-18-6-9-20(28-4)10-7-18/h6-11,14,17,24H,5,12-13,15-16H2,1-4H3,(H,25,27)/p+1/t24-/m0/s1. The maximum Gasteiger partial charge on any atom is 0.275 e. The van der Waals surface area contributed by atoms with Gasteiger partial charge in [-0.15, -0.1) is 0 Å². The molecule has 0 saturated carbocycles. The van der Waals surface area contributed by atoms with Gasteiger partial charge in [-0.2, -0.15) is 0 Å². The molecule has 1 amide bonds. The van der Waals surface area contributed by atoms with Crippen molar-refractivity contribution in [1.29, 1.82) is 0 Å². The highest BCUT2D eigenvalue weighted by atomic mass is 16.5. The first-order chi connectivity index (χ1) is 14.5. The number of likely N-dealkylation sites (N-methyl/N-ethyl adjacent to an activating group) is 1. The van der Waals surface area contributed by atoms with Gasteiger partial charge in [-0.25, -0.2) is 0 Å². The van der Waals surface area contributed by atoms with Crippen LogP contribution in [0.5, 0.6) is 17.2 Å². The van der Waals surface area contributed by atoms with E-state index in [0.717, 1.165) is 40.7 Å². The van der Waals surface area contributed by atoms with Gasteiger partial charge in [-0.1, -0.05) is 19.9 Å². The third kappa shape index (κ3) is 5.89. The smallest absolute Gasteiger partial charge is 0.275 e. The second-order valence-electron chi connectivity index (χ2n) is 8.20. The van der Waals surface area contributed by atoms with Gasteiger partial charge >= 0.3 is 0 Å². The number of hydrogen-bond acceptors (Lipinski definition) is 4. The van der Waals surface area contributed by atoms with E-state index in [2.05, 4.69) is 19.2 Å². The zero-order valence-corrected chi connectivity index (χ0v) is 18.4. The molecule has 0 aliphatic carbocycles. The minimum Gasteiger partial charge on any atom is -0.497 e. The number of methoxy groups -OCH3 is 1. The van der Waals surface area contributed by atoms with E-state index in [9.17, 15) is 4.79 Å². The first-order valence-corrected chi connectivity index (χ1v) is 10.6. The van der Waals surface area contributed by atoms with Crippen LogP contribution in [0.4, 0.5) is 0 Å². The zero-order chi connectivity index (χ0) is 21.5. The van der Waals surface area contributed by atoms with Crippen LogP contribution >= 0.6 is 0 Å². The van der Waals surface area contributed by atoms with E-state index in [1.165, 1.54) is 5.56 Å². The summed E-state index contributed by atoms with van der Waals surface area (Å²) in [6, 6.07) is 13.8. The van der Waals surface area contributed by atoms with Crippen molar-refractivity contribution in [1.82, 2.24) is 5.32 Å². The minimum absolute atomic E-state index is 0.0341. The molecular formula is C24H33N2O4+. The van der Waals surface area contributed by atoms with E-state index < -0.39 is 0 Å². The van der Waals surface area contributed by atoms with Crippen LogP contribution in [0.1, 0.15) is 37.4 Å². The molecule has 0 spiro atoms. The summed E-state index contributed by atoms with van der Waals surface area (Å²) >= 11 is 0. The van der Waals surface area contributed by atoms with Crippen molar-refractivity contribution >= 4 is 5.91 Å². The molecule has 6 heteroatoms. The van der Waals surface area contributed by atoms with Crippen molar-refractivity contribution in [2.24, 2.45) is 5.92 Å². The van der Waals surface area contributed by atoms with E-state index in [-0.39, 0.29) is 17.9 Å². The number of fused-ring (bicyclic) bond motifs is 1. The van der Waals surface area contributed by atoms with Crippen molar-refractivity contribution in [3.63, 3.8) is 0 Å². The van der Waals surface area contributed by atoms with E-state index in [0.29, 0.717) is 19.8 Å². The number of carbonyl (C=O) groups is 1. The van der Waals surface area contributed by atoms with Crippen LogP contribution < -0.4 is 24.4 Å². The van der Waals surface area contributed by atoms with Crippen LogP contribution in [0.15, 0.2) is 42.5 Å². The molecule has 0 fully saturated rings. The molecule has 6 nitrogen and oxygen atoms in total. The summed E-state index contributed by atoms with van der Waals surface area (Å²) in [5, 5.41) is 3.21. The molecule has 0 radical (unpaired) electrons. The molecule has 2 aromatic carbocycles. The molecule has 1 heterocycles. The number of rotatable bonds is 8. The molecule has 30 heavy (non-hydrogen) atoms.